The van der Waals surface area contributed by atoms with Crippen molar-refractivity contribution in [2.45, 2.75) is 52.6 Å². The molecule has 0 unspecified atom stereocenters. The molecule has 1 aliphatic rings. The Labute approximate surface area is 176 Å². The fourth-order valence-corrected chi connectivity index (χ4v) is 3.64. The van der Waals surface area contributed by atoms with E-state index in [2.05, 4.69) is 23.4 Å². The number of hydrogen-bond acceptors (Lipinski definition) is 3. The maximum absolute atomic E-state index is 13.2. The van der Waals surface area contributed by atoms with Gasteiger partial charge in [-0.2, -0.15) is 0 Å². The fourth-order valence-electron chi connectivity index (χ4n) is 3.64. The van der Waals surface area contributed by atoms with Crippen LogP contribution in [-0.2, 0) is 24.3 Å². The zero-order valence-corrected chi connectivity index (χ0v) is 17.7. The molecule has 30 heavy (non-hydrogen) atoms. The minimum atomic E-state index is -0.288. The lowest BCUT2D eigenvalue weighted by atomic mass is 10.1. The number of hydrogen-bond donors (Lipinski definition) is 0. The smallest absolute Gasteiger partial charge is 0.227 e. The number of pyridine rings is 1. The van der Waals surface area contributed by atoms with Crippen molar-refractivity contribution in [1.82, 2.24) is 19.4 Å². The lowest BCUT2D eigenvalue weighted by Crippen LogP contribution is -2.34. The van der Waals surface area contributed by atoms with Gasteiger partial charge in [-0.25, -0.2) is 14.4 Å². The number of rotatable bonds is 9. The SMILES string of the molecule is CC(C)CCN(Cc1nc2cccnc2n1CC1CC1)C(=O)Cc1ccc(F)cc1. The molecular formula is C24H29FN4O. The third kappa shape index (κ3) is 5.04. The largest absolute Gasteiger partial charge is 0.335 e. The summed E-state index contributed by atoms with van der Waals surface area (Å²) in [4.78, 5) is 24.4. The first kappa shape index (κ1) is 20.5. The molecule has 0 N–H and O–H groups in total. The molecule has 1 fully saturated rings. The number of amides is 1. The van der Waals surface area contributed by atoms with Crippen molar-refractivity contribution in [3.63, 3.8) is 0 Å². The number of carbonyl (C=O) groups excluding carboxylic acids is 1. The first-order chi connectivity index (χ1) is 14.5. The Morgan fingerprint density at radius 3 is 2.70 bits per heavy atom. The molecule has 0 aliphatic heterocycles. The number of carbonyl (C=O) groups is 1. The van der Waals surface area contributed by atoms with Gasteiger partial charge in [-0.15, -0.1) is 0 Å². The first-order valence-electron chi connectivity index (χ1n) is 10.8. The summed E-state index contributed by atoms with van der Waals surface area (Å²) in [5.41, 5.74) is 2.60. The molecule has 1 saturated carbocycles. The van der Waals surface area contributed by atoms with Crippen LogP contribution in [-0.4, -0.2) is 31.9 Å². The Balaban J connectivity index is 1.58. The van der Waals surface area contributed by atoms with Crippen LogP contribution >= 0.6 is 0 Å². The maximum atomic E-state index is 13.2. The van der Waals surface area contributed by atoms with E-state index in [9.17, 15) is 9.18 Å². The molecule has 0 atom stereocenters. The Kier molecular flexibility index (Phi) is 6.11. The average molecular weight is 409 g/mol. The van der Waals surface area contributed by atoms with Crippen LogP contribution in [0.1, 0.15) is 44.5 Å². The summed E-state index contributed by atoms with van der Waals surface area (Å²) in [5, 5.41) is 0. The van der Waals surface area contributed by atoms with E-state index in [1.54, 1.807) is 18.3 Å². The molecule has 0 saturated heterocycles. The second-order valence-corrected chi connectivity index (χ2v) is 8.73. The molecule has 158 valence electrons. The summed E-state index contributed by atoms with van der Waals surface area (Å²) in [7, 11) is 0. The normalized spacial score (nSPS) is 13.9. The number of aromatic nitrogens is 3. The van der Waals surface area contributed by atoms with Crippen LogP contribution < -0.4 is 0 Å². The second kappa shape index (κ2) is 8.94. The standard InChI is InChI=1S/C24H29FN4O/c1-17(2)11-13-28(23(30)14-18-7-9-20(25)10-8-18)16-22-27-21-4-3-12-26-24(21)29(22)15-19-5-6-19/h3-4,7-10,12,17,19H,5-6,11,13-16H2,1-2H3. The van der Waals surface area contributed by atoms with Crippen LogP contribution in [0.25, 0.3) is 11.2 Å². The van der Waals surface area contributed by atoms with E-state index in [0.717, 1.165) is 35.5 Å². The lowest BCUT2D eigenvalue weighted by Gasteiger charge is -2.24. The highest BCUT2D eigenvalue weighted by Gasteiger charge is 2.26. The van der Waals surface area contributed by atoms with Crippen molar-refractivity contribution < 1.29 is 9.18 Å². The van der Waals surface area contributed by atoms with Crippen LogP contribution in [0.2, 0.25) is 0 Å². The summed E-state index contributed by atoms with van der Waals surface area (Å²) in [6.07, 6.45) is 5.47. The van der Waals surface area contributed by atoms with E-state index < -0.39 is 0 Å². The predicted octanol–water partition coefficient (Wildman–Crippen LogP) is 4.60. The summed E-state index contributed by atoms with van der Waals surface area (Å²) < 4.78 is 15.4. The molecule has 0 radical (unpaired) electrons. The average Bonchev–Trinajstić information content (AvgIpc) is 3.48. The quantitative estimate of drug-likeness (QED) is 0.520. The monoisotopic (exact) mass is 408 g/mol. The zero-order valence-electron chi connectivity index (χ0n) is 17.7. The van der Waals surface area contributed by atoms with Gasteiger partial charge in [0.15, 0.2) is 5.65 Å². The second-order valence-electron chi connectivity index (χ2n) is 8.73. The number of fused-ring (bicyclic) bond motifs is 1. The van der Waals surface area contributed by atoms with Gasteiger partial charge in [0.2, 0.25) is 5.91 Å². The molecule has 0 bridgehead atoms. The third-order valence-electron chi connectivity index (χ3n) is 5.65. The van der Waals surface area contributed by atoms with Gasteiger partial charge in [0.25, 0.3) is 0 Å². The Bertz CT molecular complexity index is 1010. The molecule has 2 heterocycles. The maximum Gasteiger partial charge on any atom is 0.227 e. The van der Waals surface area contributed by atoms with Gasteiger partial charge in [0.1, 0.15) is 17.2 Å². The van der Waals surface area contributed by atoms with E-state index in [1.165, 1.54) is 25.0 Å². The summed E-state index contributed by atoms with van der Waals surface area (Å²) in [5.74, 6) is 1.83. The van der Waals surface area contributed by atoms with Crippen molar-refractivity contribution in [1.29, 1.82) is 0 Å². The van der Waals surface area contributed by atoms with E-state index >= 15 is 0 Å². The number of imidazole rings is 1. The van der Waals surface area contributed by atoms with Crippen LogP contribution in [0.3, 0.4) is 0 Å². The molecule has 0 spiro atoms. The van der Waals surface area contributed by atoms with Gasteiger partial charge in [0.05, 0.1) is 13.0 Å². The molecular weight excluding hydrogens is 379 g/mol. The Morgan fingerprint density at radius 2 is 2.00 bits per heavy atom. The molecule has 1 aromatic carbocycles. The highest BCUT2D eigenvalue weighted by Crippen LogP contribution is 2.32. The van der Waals surface area contributed by atoms with Gasteiger partial charge in [-0.3, -0.25) is 4.79 Å². The highest BCUT2D eigenvalue weighted by atomic mass is 19.1. The minimum absolute atomic E-state index is 0.0419. The molecule has 5 nitrogen and oxygen atoms in total. The molecule has 1 amide bonds. The first-order valence-corrected chi connectivity index (χ1v) is 10.8. The van der Waals surface area contributed by atoms with Crippen LogP contribution in [0.4, 0.5) is 4.39 Å². The third-order valence-corrected chi connectivity index (χ3v) is 5.65. The van der Waals surface area contributed by atoms with Crippen molar-refractivity contribution in [2.75, 3.05) is 6.54 Å². The molecule has 3 aromatic rings. The van der Waals surface area contributed by atoms with Gasteiger partial charge in [-0.1, -0.05) is 26.0 Å². The Hall–Kier alpha value is -2.76. The van der Waals surface area contributed by atoms with Gasteiger partial charge in [-0.05, 0) is 60.9 Å². The lowest BCUT2D eigenvalue weighted by molar-refractivity contribution is -0.131. The fraction of sp³-hybridized carbons (Fsp3) is 0.458. The van der Waals surface area contributed by atoms with E-state index in [1.807, 2.05) is 17.0 Å². The number of nitrogens with zero attached hydrogens (tertiary/aromatic N) is 4. The van der Waals surface area contributed by atoms with Crippen LogP contribution in [0, 0.1) is 17.7 Å². The highest BCUT2D eigenvalue weighted by molar-refractivity contribution is 5.79. The topological polar surface area (TPSA) is 51.0 Å². The predicted molar refractivity (Wildman–Crippen MR) is 115 cm³/mol. The van der Waals surface area contributed by atoms with E-state index in [0.29, 0.717) is 24.9 Å². The van der Waals surface area contributed by atoms with Crippen molar-refractivity contribution >= 4 is 17.1 Å². The zero-order chi connectivity index (χ0) is 21.1. The van der Waals surface area contributed by atoms with E-state index in [4.69, 9.17) is 4.98 Å². The number of halogens is 1. The van der Waals surface area contributed by atoms with Crippen molar-refractivity contribution in [3.8, 4) is 0 Å². The number of benzene rings is 1. The summed E-state index contributed by atoms with van der Waals surface area (Å²) >= 11 is 0. The van der Waals surface area contributed by atoms with Crippen LogP contribution in [0.5, 0.6) is 0 Å². The Morgan fingerprint density at radius 1 is 1.23 bits per heavy atom. The molecule has 4 rings (SSSR count). The van der Waals surface area contributed by atoms with Gasteiger partial charge in [0, 0.05) is 19.3 Å². The van der Waals surface area contributed by atoms with Crippen molar-refractivity contribution in [3.05, 3.63) is 59.8 Å². The van der Waals surface area contributed by atoms with Gasteiger partial charge >= 0.3 is 0 Å². The summed E-state index contributed by atoms with van der Waals surface area (Å²) in [6.45, 7) is 6.38. The van der Waals surface area contributed by atoms with Crippen molar-refractivity contribution in [2.24, 2.45) is 11.8 Å². The molecule has 1 aliphatic carbocycles. The molecule has 6 heteroatoms. The minimum Gasteiger partial charge on any atom is -0.335 e. The van der Waals surface area contributed by atoms with Gasteiger partial charge < -0.3 is 9.47 Å². The summed E-state index contributed by atoms with van der Waals surface area (Å²) in [6, 6.07) is 10.1. The van der Waals surface area contributed by atoms with E-state index in [-0.39, 0.29) is 18.1 Å². The van der Waals surface area contributed by atoms with Crippen LogP contribution in [0.15, 0.2) is 42.6 Å². The molecule has 2 aromatic heterocycles.